The van der Waals surface area contributed by atoms with Gasteiger partial charge in [-0.15, -0.1) is 0 Å². The predicted octanol–water partition coefficient (Wildman–Crippen LogP) is 4.10. The first-order chi connectivity index (χ1) is 12.6. The van der Waals surface area contributed by atoms with E-state index in [4.69, 9.17) is 0 Å². The number of likely N-dealkylation sites (N-methyl/N-ethyl adjacent to an activating group) is 1. The monoisotopic (exact) mass is 343 g/mol. The topological polar surface area (TPSA) is 69.2 Å². The minimum Gasteiger partial charge on any atom is -0.508 e. The van der Waals surface area contributed by atoms with Gasteiger partial charge >= 0.3 is 0 Å². The Morgan fingerprint density at radius 2 is 1.85 bits per heavy atom. The lowest BCUT2D eigenvalue weighted by atomic mass is 10.1. The number of para-hydroxylation sites is 1. The summed E-state index contributed by atoms with van der Waals surface area (Å²) in [6, 6.07) is 16.5. The smallest absolute Gasteiger partial charge is 0.250 e. The summed E-state index contributed by atoms with van der Waals surface area (Å²) in [5.74, 6) is -0.00196. The lowest BCUT2D eigenvalue weighted by Gasteiger charge is -2.15. The van der Waals surface area contributed by atoms with Gasteiger partial charge in [0.05, 0.1) is 17.4 Å². The van der Waals surface area contributed by atoms with E-state index in [1.807, 2.05) is 24.3 Å². The summed E-state index contributed by atoms with van der Waals surface area (Å²) < 4.78 is 0. The molecule has 0 spiro atoms. The highest BCUT2D eigenvalue weighted by Crippen LogP contribution is 2.25. The van der Waals surface area contributed by atoms with Gasteiger partial charge in [-0.25, -0.2) is 0 Å². The lowest BCUT2D eigenvalue weighted by molar-refractivity contribution is -0.113. The number of fused-ring (bicyclic) bond motifs is 3. The summed E-state index contributed by atoms with van der Waals surface area (Å²) in [6.45, 7) is 0. The van der Waals surface area contributed by atoms with Gasteiger partial charge in [0.15, 0.2) is 0 Å². The van der Waals surface area contributed by atoms with E-state index in [2.05, 4.69) is 16.0 Å². The first-order valence-electron chi connectivity index (χ1n) is 8.23. The molecule has 0 aliphatic heterocycles. The van der Waals surface area contributed by atoms with Crippen molar-refractivity contribution >= 4 is 39.5 Å². The number of phenols is 1. The molecule has 0 radical (unpaired) electrons. The van der Waals surface area contributed by atoms with Gasteiger partial charge in [-0.1, -0.05) is 18.2 Å². The molecule has 0 fully saturated rings. The molecule has 2 heterocycles. The summed E-state index contributed by atoms with van der Waals surface area (Å²) in [4.78, 5) is 21.6. The Labute approximate surface area is 150 Å². The molecule has 26 heavy (non-hydrogen) atoms. The first kappa shape index (κ1) is 15.9. The average molecular weight is 343 g/mol. The number of H-pyrrole nitrogens is 1. The molecule has 2 aromatic heterocycles. The van der Waals surface area contributed by atoms with Crippen molar-refractivity contribution in [3.63, 3.8) is 0 Å². The number of carbonyl (C=O) groups is 1. The van der Waals surface area contributed by atoms with Crippen LogP contribution in [0.3, 0.4) is 0 Å². The molecular weight excluding hydrogens is 326 g/mol. The van der Waals surface area contributed by atoms with E-state index < -0.39 is 0 Å². The third-order valence-electron chi connectivity index (χ3n) is 4.38. The largest absolute Gasteiger partial charge is 0.508 e. The van der Waals surface area contributed by atoms with Crippen LogP contribution in [0.15, 0.2) is 66.9 Å². The summed E-state index contributed by atoms with van der Waals surface area (Å²) in [5.41, 5.74) is 3.46. The van der Waals surface area contributed by atoms with Crippen LogP contribution in [-0.2, 0) is 4.79 Å². The second-order valence-corrected chi connectivity index (χ2v) is 6.07. The van der Waals surface area contributed by atoms with Crippen LogP contribution in [0, 0.1) is 0 Å². The van der Waals surface area contributed by atoms with Gasteiger partial charge in [0.25, 0.3) is 5.91 Å². The Morgan fingerprint density at radius 3 is 2.65 bits per heavy atom. The van der Waals surface area contributed by atoms with Crippen LogP contribution in [0.1, 0.15) is 5.69 Å². The molecule has 4 rings (SSSR count). The van der Waals surface area contributed by atoms with Crippen molar-refractivity contribution in [3.05, 3.63) is 72.6 Å². The second kappa shape index (κ2) is 6.37. The molecule has 2 N–H and O–H groups in total. The van der Waals surface area contributed by atoms with Crippen LogP contribution in [0.2, 0.25) is 0 Å². The van der Waals surface area contributed by atoms with E-state index in [1.54, 1.807) is 43.6 Å². The number of nitrogens with zero attached hydrogens (tertiary/aromatic N) is 2. The minimum atomic E-state index is -0.170. The van der Waals surface area contributed by atoms with Gasteiger partial charge in [-0.05, 0) is 42.5 Å². The Hall–Kier alpha value is -3.60. The molecule has 0 saturated carbocycles. The fourth-order valence-corrected chi connectivity index (χ4v) is 2.93. The van der Waals surface area contributed by atoms with E-state index in [0.29, 0.717) is 5.69 Å². The van der Waals surface area contributed by atoms with Crippen molar-refractivity contribution in [3.8, 4) is 5.75 Å². The molecule has 1 amide bonds. The van der Waals surface area contributed by atoms with E-state index in [9.17, 15) is 9.90 Å². The summed E-state index contributed by atoms with van der Waals surface area (Å²) in [7, 11) is 1.69. The Bertz CT molecular complexity index is 1130. The SMILES string of the molecule is CN(C(=O)/C=C/c1cc2c(cn1)[nH]c1ccccc12)c1ccc(O)cc1. The molecule has 2 aromatic carbocycles. The number of nitrogens with one attached hydrogen (secondary N) is 1. The van der Waals surface area contributed by atoms with Crippen molar-refractivity contribution in [1.29, 1.82) is 0 Å². The van der Waals surface area contributed by atoms with E-state index in [-0.39, 0.29) is 11.7 Å². The first-order valence-corrected chi connectivity index (χ1v) is 8.23. The van der Waals surface area contributed by atoms with Crippen LogP contribution in [0.5, 0.6) is 5.75 Å². The number of hydrogen-bond donors (Lipinski definition) is 2. The van der Waals surface area contributed by atoms with Crippen molar-refractivity contribution < 1.29 is 9.90 Å². The maximum Gasteiger partial charge on any atom is 0.250 e. The number of hydrogen-bond acceptors (Lipinski definition) is 3. The van der Waals surface area contributed by atoms with Gasteiger partial charge in [0.2, 0.25) is 0 Å². The maximum atomic E-state index is 12.4. The standard InChI is InChI=1S/C21H17N3O2/c1-24(15-7-9-16(25)10-8-15)21(26)11-6-14-12-18-17-4-2-3-5-19(17)23-20(18)13-22-14/h2-13,23,25H,1H3/b11-6+. The number of rotatable bonds is 3. The summed E-state index contributed by atoms with van der Waals surface area (Å²) in [6.07, 6.45) is 4.99. The second-order valence-electron chi connectivity index (χ2n) is 6.07. The molecular formula is C21H17N3O2. The van der Waals surface area contributed by atoms with Crippen LogP contribution in [0.4, 0.5) is 5.69 Å². The zero-order valence-electron chi connectivity index (χ0n) is 14.2. The van der Waals surface area contributed by atoms with Crippen LogP contribution in [0.25, 0.3) is 27.9 Å². The van der Waals surface area contributed by atoms with Crippen LogP contribution >= 0.6 is 0 Å². The van der Waals surface area contributed by atoms with E-state index >= 15 is 0 Å². The Kier molecular flexibility index (Phi) is 3.89. The third kappa shape index (κ3) is 2.91. The number of carbonyl (C=O) groups excluding carboxylic acids is 1. The number of anilines is 1. The van der Waals surface area contributed by atoms with Crippen molar-refractivity contribution in [1.82, 2.24) is 9.97 Å². The van der Waals surface area contributed by atoms with Crippen LogP contribution < -0.4 is 4.90 Å². The summed E-state index contributed by atoms with van der Waals surface area (Å²) in [5, 5.41) is 11.6. The third-order valence-corrected chi connectivity index (χ3v) is 4.38. The maximum absolute atomic E-state index is 12.4. The fraction of sp³-hybridized carbons (Fsp3) is 0.0476. The van der Waals surface area contributed by atoms with Gasteiger partial charge in [0, 0.05) is 35.1 Å². The number of benzene rings is 2. The van der Waals surface area contributed by atoms with Crippen molar-refractivity contribution in [2.24, 2.45) is 0 Å². The predicted molar refractivity (Wildman–Crippen MR) is 104 cm³/mol. The number of pyridine rings is 1. The van der Waals surface area contributed by atoms with Gasteiger partial charge in [0.1, 0.15) is 5.75 Å². The van der Waals surface area contributed by atoms with E-state index in [1.165, 1.54) is 11.0 Å². The van der Waals surface area contributed by atoms with Crippen molar-refractivity contribution in [2.45, 2.75) is 0 Å². The zero-order valence-corrected chi connectivity index (χ0v) is 14.2. The fourth-order valence-electron chi connectivity index (χ4n) is 2.93. The Balaban J connectivity index is 1.60. The van der Waals surface area contributed by atoms with Crippen molar-refractivity contribution in [2.75, 3.05) is 11.9 Å². The normalized spacial score (nSPS) is 11.4. The minimum absolute atomic E-state index is 0.168. The lowest BCUT2D eigenvalue weighted by Crippen LogP contribution is -2.23. The molecule has 0 aliphatic carbocycles. The highest BCUT2D eigenvalue weighted by Gasteiger charge is 2.08. The van der Waals surface area contributed by atoms with E-state index in [0.717, 1.165) is 27.5 Å². The highest BCUT2D eigenvalue weighted by molar-refractivity contribution is 6.08. The average Bonchev–Trinajstić information content (AvgIpc) is 3.04. The number of aromatic hydroxyl groups is 1. The molecule has 0 aliphatic rings. The molecule has 0 bridgehead atoms. The molecule has 0 saturated heterocycles. The number of amides is 1. The van der Waals surface area contributed by atoms with Crippen LogP contribution in [-0.4, -0.2) is 28.0 Å². The molecule has 128 valence electrons. The molecule has 0 unspecified atom stereocenters. The molecule has 0 atom stereocenters. The molecule has 5 heteroatoms. The quantitative estimate of drug-likeness (QED) is 0.550. The molecule has 4 aromatic rings. The summed E-state index contributed by atoms with van der Waals surface area (Å²) >= 11 is 0. The number of aromatic nitrogens is 2. The van der Waals surface area contributed by atoms with Gasteiger partial charge in [-0.3, -0.25) is 9.78 Å². The number of phenolic OH excluding ortho intramolecular Hbond substituents is 1. The molecule has 5 nitrogen and oxygen atoms in total. The number of aromatic amines is 1. The zero-order chi connectivity index (χ0) is 18.1. The highest BCUT2D eigenvalue weighted by atomic mass is 16.3. The Morgan fingerprint density at radius 1 is 1.08 bits per heavy atom. The van der Waals surface area contributed by atoms with Gasteiger partial charge < -0.3 is 15.0 Å². The van der Waals surface area contributed by atoms with Gasteiger partial charge in [-0.2, -0.15) is 0 Å².